The van der Waals surface area contributed by atoms with Gasteiger partial charge in [0.2, 0.25) is 0 Å². The van der Waals surface area contributed by atoms with Crippen LogP contribution in [0.1, 0.15) is 41.4 Å². The van der Waals surface area contributed by atoms with E-state index in [0.29, 0.717) is 12.5 Å². The summed E-state index contributed by atoms with van der Waals surface area (Å²) < 4.78 is 2.19. The predicted molar refractivity (Wildman–Crippen MR) is 78.4 cm³/mol. The lowest BCUT2D eigenvalue weighted by molar-refractivity contribution is 0.0532. The second-order valence-corrected chi connectivity index (χ2v) is 6.60. The quantitative estimate of drug-likeness (QED) is 0.800. The molecule has 2 aromatic heterocycles. The zero-order valence-electron chi connectivity index (χ0n) is 12.0. The van der Waals surface area contributed by atoms with E-state index in [-0.39, 0.29) is 5.78 Å². The Kier molecular flexibility index (Phi) is 2.33. The van der Waals surface area contributed by atoms with Gasteiger partial charge in [-0.3, -0.25) is 14.5 Å². The second kappa shape index (κ2) is 4.13. The van der Waals surface area contributed by atoms with Gasteiger partial charge in [0.25, 0.3) is 0 Å². The fraction of sp³-hybridized carbons (Fsp3) is 0.562. The minimum atomic E-state index is 0.217. The molecule has 1 aliphatic carbocycles. The Bertz CT molecular complexity index is 742. The van der Waals surface area contributed by atoms with Gasteiger partial charge in [-0.2, -0.15) is 5.10 Å². The van der Waals surface area contributed by atoms with Gasteiger partial charge in [0.1, 0.15) is 0 Å². The van der Waals surface area contributed by atoms with Crippen molar-refractivity contribution in [1.82, 2.24) is 19.7 Å². The fourth-order valence-electron chi connectivity index (χ4n) is 4.38. The summed E-state index contributed by atoms with van der Waals surface area (Å²) in [5, 5.41) is 5.96. The van der Waals surface area contributed by atoms with E-state index < -0.39 is 0 Å². The van der Waals surface area contributed by atoms with E-state index in [1.54, 1.807) is 6.20 Å². The summed E-state index contributed by atoms with van der Waals surface area (Å²) in [7, 11) is 0. The molecule has 0 radical (unpaired) electrons. The number of fused-ring (bicyclic) bond motifs is 3. The first-order chi connectivity index (χ1) is 10.3. The van der Waals surface area contributed by atoms with Crippen molar-refractivity contribution in [2.24, 2.45) is 5.92 Å². The summed E-state index contributed by atoms with van der Waals surface area (Å²) in [5.41, 5.74) is 2.94. The number of aromatic nitrogens is 3. The van der Waals surface area contributed by atoms with Crippen molar-refractivity contribution >= 4 is 16.7 Å². The molecule has 21 heavy (non-hydrogen) atoms. The molecule has 3 fully saturated rings. The molecular weight excluding hydrogens is 264 g/mol. The van der Waals surface area contributed by atoms with E-state index in [2.05, 4.69) is 14.6 Å². The van der Waals surface area contributed by atoms with Crippen molar-refractivity contribution in [2.45, 2.75) is 31.7 Å². The van der Waals surface area contributed by atoms with Crippen molar-refractivity contribution in [2.75, 3.05) is 19.6 Å². The monoisotopic (exact) mass is 282 g/mol. The molecule has 2 aromatic rings. The van der Waals surface area contributed by atoms with Crippen LogP contribution < -0.4 is 0 Å². The minimum absolute atomic E-state index is 0.217. The molecule has 0 N–H and O–H groups in total. The third-order valence-electron chi connectivity index (χ3n) is 5.51. The Hall–Kier alpha value is -1.75. The van der Waals surface area contributed by atoms with E-state index in [1.807, 2.05) is 6.20 Å². The Labute approximate surface area is 122 Å². The number of Topliss-reactive ketones (excluding diaryl/α,β-unsaturated/α-hetero) is 1. The number of carbonyl (C=O) groups is 1. The van der Waals surface area contributed by atoms with E-state index in [0.717, 1.165) is 41.0 Å². The number of piperidine rings is 3. The van der Waals surface area contributed by atoms with Crippen molar-refractivity contribution in [1.29, 1.82) is 0 Å². The summed E-state index contributed by atoms with van der Waals surface area (Å²) in [5.74, 6) is 0.945. The van der Waals surface area contributed by atoms with Crippen LogP contribution in [0.5, 0.6) is 0 Å². The van der Waals surface area contributed by atoms with Gasteiger partial charge in [-0.05, 0) is 38.3 Å². The Morgan fingerprint density at radius 1 is 1.14 bits per heavy atom. The number of hydrogen-bond donors (Lipinski definition) is 0. The normalized spacial score (nSPS) is 31.0. The topological polar surface area (TPSA) is 51.0 Å². The number of nitrogens with zero attached hydrogens (tertiary/aromatic N) is 4. The highest BCUT2D eigenvalue weighted by Crippen LogP contribution is 2.38. The molecule has 3 saturated heterocycles. The van der Waals surface area contributed by atoms with Gasteiger partial charge >= 0.3 is 0 Å². The molecule has 0 amide bonds. The molecule has 5 heterocycles. The summed E-state index contributed by atoms with van der Waals surface area (Å²) in [6, 6.07) is 0.453. The number of pyridine rings is 1. The smallest absolute Gasteiger partial charge is 0.165 e. The first kappa shape index (κ1) is 11.9. The average molecular weight is 282 g/mol. The van der Waals surface area contributed by atoms with E-state index in [9.17, 15) is 4.79 Å². The lowest BCUT2D eigenvalue weighted by Gasteiger charge is -2.44. The highest BCUT2D eigenvalue weighted by atomic mass is 16.1. The second-order valence-electron chi connectivity index (χ2n) is 6.60. The standard InChI is InChI=1S/C16H18N4O/c21-15-2-1-12-16-11(15)7-17-8-13(16)20(18-12)14-9-19-5-3-10(14)4-6-19/h7-8,10,14H,1-6,9H2. The van der Waals surface area contributed by atoms with Crippen LogP contribution in [0.2, 0.25) is 0 Å². The molecule has 4 aliphatic rings. The summed E-state index contributed by atoms with van der Waals surface area (Å²) in [6.07, 6.45) is 7.51. The maximum Gasteiger partial charge on any atom is 0.165 e. The molecule has 6 rings (SSSR count). The molecular formula is C16H18N4O. The molecule has 1 unspecified atom stereocenters. The SMILES string of the molecule is O=C1CCc2nn(C3CN4CCC3CC4)c3cncc1c23. The number of rotatable bonds is 1. The molecule has 2 bridgehead atoms. The largest absolute Gasteiger partial charge is 0.301 e. The van der Waals surface area contributed by atoms with Gasteiger partial charge in [-0.1, -0.05) is 0 Å². The van der Waals surface area contributed by atoms with Crippen LogP contribution in [-0.2, 0) is 6.42 Å². The summed E-state index contributed by atoms with van der Waals surface area (Å²) in [6.45, 7) is 3.56. The zero-order chi connectivity index (χ0) is 14.0. The predicted octanol–water partition coefficient (Wildman–Crippen LogP) is 1.83. The average Bonchev–Trinajstić information content (AvgIpc) is 2.92. The van der Waals surface area contributed by atoms with Crippen molar-refractivity contribution < 1.29 is 4.79 Å². The van der Waals surface area contributed by atoms with Crippen LogP contribution in [0.15, 0.2) is 12.4 Å². The van der Waals surface area contributed by atoms with Crippen LogP contribution in [0.4, 0.5) is 0 Å². The van der Waals surface area contributed by atoms with Crippen molar-refractivity contribution in [3.8, 4) is 0 Å². The lowest BCUT2D eigenvalue weighted by Crippen LogP contribution is -2.48. The van der Waals surface area contributed by atoms with Crippen LogP contribution in [0.25, 0.3) is 10.9 Å². The van der Waals surface area contributed by atoms with Crippen molar-refractivity contribution in [3.05, 3.63) is 23.7 Å². The molecule has 3 aliphatic heterocycles. The van der Waals surface area contributed by atoms with Gasteiger partial charge in [0.15, 0.2) is 5.78 Å². The van der Waals surface area contributed by atoms with Crippen LogP contribution in [0.3, 0.4) is 0 Å². The van der Waals surface area contributed by atoms with E-state index in [4.69, 9.17) is 5.10 Å². The summed E-state index contributed by atoms with van der Waals surface area (Å²) >= 11 is 0. The molecule has 108 valence electrons. The van der Waals surface area contributed by atoms with Gasteiger partial charge in [-0.15, -0.1) is 0 Å². The first-order valence-electron chi connectivity index (χ1n) is 7.92. The molecule has 1 atom stereocenters. The maximum atomic E-state index is 12.1. The zero-order valence-corrected chi connectivity index (χ0v) is 12.0. The molecule has 5 heteroatoms. The Morgan fingerprint density at radius 2 is 2.00 bits per heavy atom. The molecule has 5 nitrogen and oxygen atoms in total. The fourth-order valence-corrected chi connectivity index (χ4v) is 4.38. The minimum Gasteiger partial charge on any atom is -0.301 e. The number of ketones is 1. The third-order valence-corrected chi connectivity index (χ3v) is 5.51. The highest BCUT2D eigenvalue weighted by molar-refractivity contribution is 6.09. The van der Waals surface area contributed by atoms with Crippen LogP contribution in [0, 0.1) is 5.92 Å². The molecule has 0 aromatic carbocycles. The van der Waals surface area contributed by atoms with E-state index >= 15 is 0 Å². The third kappa shape index (κ3) is 1.58. The van der Waals surface area contributed by atoms with Gasteiger partial charge in [-0.25, -0.2) is 0 Å². The number of hydrogen-bond acceptors (Lipinski definition) is 4. The number of aryl methyl sites for hydroxylation is 1. The molecule has 0 saturated carbocycles. The van der Waals surface area contributed by atoms with E-state index in [1.165, 1.54) is 25.9 Å². The van der Waals surface area contributed by atoms with Gasteiger partial charge in [0.05, 0.1) is 23.4 Å². The Balaban J connectivity index is 1.70. The number of carbonyl (C=O) groups excluding carboxylic acids is 1. The summed E-state index contributed by atoms with van der Waals surface area (Å²) in [4.78, 5) is 18.9. The van der Waals surface area contributed by atoms with Crippen LogP contribution in [-0.4, -0.2) is 45.1 Å². The van der Waals surface area contributed by atoms with Crippen LogP contribution >= 0.6 is 0 Å². The Morgan fingerprint density at radius 3 is 2.76 bits per heavy atom. The lowest BCUT2D eigenvalue weighted by atomic mass is 9.84. The van der Waals surface area contributed by atoms with Gasteiger partial charge < -0.3 is 4.90 Å². The highest BCUT2D eigenvalue weighted by Gasteiger charge is 2.37. The maximum absolute atomic E-state index is 12.1. The first-order valence-corrected chi connectivity index (χ1v) is 7.92. The molecule has 0 spiro atoms. The van der Waals surface area contributed by atoms with Gasteiger partial charge in [0, 0.05) is 30.1 Å². The van der Waals surface area contributed by atoms with Crippen molar-refractivity contribution in [3.63, 3.8) is 0 Å².